The Morgan fingerprint density at radius 1 is 0.476 bits per heavy atom. The van der Waals surface area contributed by atoms with E-state index in [4.69, 9.17) is 8.83 Å². The van der Waals surface area contributed by atoms with Crippen molar-refractivity contribution in [2.75, 3.05) is 0 Å². The molecular formula is C30H14F6N2O4. The molecule has 0 radical (unpaired) electrons. The number of hydrogen-bond acceptors (Lipinski definition) is 6. The van der Waals surface area contributed by atoms with Crippen molar-refractivity contribution in [3.8, 4) is 34.0 Å². The monoisotopic (exact) mass is 580 g/mol. The van der Waals surface area contributed by atoms with E-state index >= 15 is 0 Å². The van der Waals surface area contributed by atoms with Gasteiger partial charge in [0.2, 0.25) is 11.8 Å². The van der Waals surface area contributed by atoms with Gasteiger partial charge >= 0.3 is 23.6 Å². The second-order valence-corrected chi connectivity index (χ2v) is 9.23. The zero-order valence-corrected chi connectivity index (χ0v) is 20.9. The summed E-state index contributed by atoms with van der Waals surface area (Å²) < 4.78 is 87.8. The van der Waals surface area contributed by atoms with Gasteiger partial charge in [-0.2, -0.15) is 26.3 Å². The van der Waals surface area contributed by atoms with Crippen LogP contribution in [0.5, 0.6) is 0 Å². The normalized spacial score (nSPS) is 12.2. The third kappa shape index (κ3) is 5.02. The van der Waals surface area contributed by atoms with Gasteiger partial charge in [0.25, 0.3) is 0 Å². The van der Waals surface area contributed by atoms with Crippen LogP contribution in [0.4, 0.5) is 26.3 Å². The van der Waals surface area contributed by atoms with Crippen molar-refractivity contribution in [1.82, 2.24) is 9.97 Å². The van der Waals surface area contributed by atoms with E-state index in [0.717, 1.165) is 48.5 Å². The van der Waals surface area contributed by atoms with Crippen LogP contribution in [-0.4, -0.2) is 9.97 Å². The molecule has 0 saturated carbocycles. The van der Waals surface area contributed by atoms with Crippen LogP contribution in [0.3, 0.4) is 0 Å². The lowest BCUT2D eigenvalue weighted by Crippen LogP contribution is -2.06. The molecule has 12 heteroatoms. The first-order chi connectivity index (χ1) is 19.9. The van der Waals surface area contributed by atoms with Crippen molar-refractivity contribution in [2.24, 2.45) is 0 Å². The van der Waals surface area contributed by atoms with Gasteiger partial charge in [0, 0.05) is 11.1 Å². The highest BCUT2D eigenvalue weighted by molar-refractivity contribution is 5.88. The molecule has 6 rings (SSSR count). The number of rotatable bonds is 3. The van der Waals surface area contributed by atoms with Gasteiger partial charge in [-0.05, 0) is 83.9 Å². The largest absolute Gasteiger partial charge is 0.416 e. The fourth-order valence-electron chi connectivity index (χ4n) is 4.35. The van der Waals surface area contributed by atoms with Crippen LogP contribution in [0.25, 0.3) is 55.8 Å². The zero-order chi connectivity index (χ0) is 29.8. The van der Waals surface area contributed by atoms with E-state index in [9.17, 15) is 35.9 Å². The van der Waals surface area contributed by atoms with E-state index < -0.39 is 34.7 Å². The fraction of sp³-hybridized carbons (Fsp3) is 0.0667. The predicted octanol–water partition coefficient (Wildman–Crippen LogP) is 7.73. The van der Waals surface area contributed by atoms with Crippen molar-refractivity contribution in [1.29, 1.82) is 0 Å². The summed E-state index contributed by atoms with van der Waals surface area (Å²) in [5.41, 5.74) is -1.32. The smallest absolute Gasteiger partial charge is 0.403 e. The number of nitrogens with zero attached hydrogens (tertiary/aromatic N) is 2. The predicted molar refractivity (Wildman–Crippen MR) is 140 cm³/mol. The Hall–Kier alpha value is -5.26. The summed E-state index contributed by atoms with van der Waals surface area (Å²) in [5, 5.41) is 0.206. The number of fused-ring (bicyclic) bond motifs is 2. The van der Waals surface area contributed by atoms with Gasteiger partial charge in [0.15, 0.2) is 0 Å². The first kappa shape index (κ1) is 26.9. The topological polar surface area (TPSA) is 86.2 Å². The van der Waals surface area contributed by atoms with Crippen LogP contribution >= 0.6 is 0 Å². The lowest BCUT2D eigenvalue weighted by atomic mass is 10.0. The Morgan fingerprint density at radius 3 is 1.14 bits per heavy atom. The van der Waals surface area contributed by atoms with E-state index in [1.54, 1.807) is 12.1 Å². The van der Waals surface area contributed by atoms with E-state index in [1.807, 2.05) is 0 Å². The van der Waals surface area contributed by atoms with Crippen molar-refractivity contribution in [2.45, 2.75) is 12.4 Å². The molecule has 4 aromatic carbocycles. The average Bonchev–Trinajstić information content (AvgIpc) is 2.96. The molecule has 0 atom stereocenters. The molecule has 0 aliphatic heterocycles. The zero-order valence-electron chi connectivity index (χ0n) is 20.9. The van der Waals surface area contributed by atoms with Gasteiger partial charge in [-0.25, -0.2) is 19.6 Å². The highest BCUT2D eigenvalue weighted by Crippen LogP contribution is 2.33. The highest BCUT2D eigenvalue weighted by atomic mass is 19.4. The van der Waals surface area contributed by atoms with Gasteiger partial charge in [-0.3, -0.25) is 0 Å². The fourth-order valence-corrected chi connectivity index (χ4v) is 4.35. The van der Waals surface area contributed by atoms with Gasteiger partial charge in [0.05, 0.1) is 32.9 Å². The molecule has 0 saturated heterocycles. The van der Waals surface area contributed by atoms with Crippen molar-refractivity contribution in [3.63, 3.8) is 0 Å². The van der Waals surface area contributed by atoms with Crippen LogP contribution in [0.15, 0.2) is 103 Å². The maximum atomic E-state index is 12.9. The molecule has 0 aliphatic rings. The summed E-state index contributed by atoms with van der Waals surface area (Å²) in [4.78, 5) is 34.1. The molecule has 0 N–H and O–H groups in total. The van der Waals surface area contributed by atoms with Gasteiger partial charge in [-0.15, -0.1) is 0 Å². The average molecular weight is 580 g/mol. The molecule has 0 amide bonds. The van der Waals surface area contributed by atoms with Crippen LogP contribution < -0.4 is 11.3 Å². The molecule has 6 aromatic rings. The Labute approximate surface area is 230 Å². The number of alkyl halides is 6. The molecular weight excluding hydrogens is 566 g/mol. The minimum absolute atomic E-state index is 0.103. The minimum atomic E-state index is -4.51. The summed E-state index contributed by atoms with van der Waals surface area (Å²) in [6, 6.07) is 17.4. The van der Waals surface area contributed by atoms with Gasteiger partial charge < -0.3 is 8.83 Å². The molecule has 0 spiro atoms. The third-order valence-electron chi connectivity index (χ3n) is 6.51. The molecule has 42 heavy (non-hydrogen) atoms. The van der Waals surface area contributed by atoms with Crippen LogP contribution in [0, 0.1) is 0 Å². The molecule has 210 valence electrons. The highest BCUT2D eigenvalue weighted by Gasteiger charge is 2.31. The van der Waals surface area contributed by atoms with E-state index in [-0.39, 0.29) is 44.7 Å². The molecule has 0 bridgehead atoms. The maximum Gasteiger partial charge on any atom is 0.416 e. The van der Waals surface area contributed by atoms with Crippen LogP contribution in [-0.2, 0) is 12.4 Å². The molecule has 2 aromatic heterocycles. The number of halogens is 6. The Balaban J connectivity index is 1.33. The molecule has 2 heterocycles. The van der Waals surface area contributed by atoms with Crippen molar-refractivity contribution < 1.29 is 35.2 Å². The lowest BCUT2D eigenvalue weighted by Gasteiger charge is -2.08. The van der Waals surface area contributed by atoms with E-state index in [0.29, 0.717) is 11.1 Å². The summed E-state index contributed by atoms with van der Waals surface area (Å²) in [5.74, 6) is -0.292. The van der Waals surface area contributed by atoms with Crippen LogP contribution in [0.1, 0.15) is 11.1 Å². The minimum Gasteiger partial charge on any atom is -0.403 e. The van der Waals surface area contributed by atoms with E-state index in [1.165, 1.54) is 24.3 Å². The third-order valence-corrected chi connectivity index (χ3v) is 6.51. The Bertz CT molecular complexity index is 1940. The van der Waals surface area contributed by atoms with Crippen molar-refractivity contribution in [3.05, 3.63) is 117 Å². The quantitative estimate of drug-likeness (QED) is 0.199. The van der Waals surface area contributed by atoms with Crippen LogP contribution in [0.2, 0.25) is 0 Å². The molecule has 0 unspecified atom stereocenters. The first-order valence-electron chi connectivity index (χ1n) is 12.1. The number of hydrogen-bond donors (Lipinski definition) is 0. The maximum absolute atomic E-state index is 12.9. The molecule has 0 aliphatic carbocycles. The van der Waals surface area contributed by atoms with E-state index in [2.05, 4.69) is 9.97 Å². The molecule has 0 fully saturated rings. The number of aromatic nitrogens is 2. The summed E-state index contributed by atoms with van der Waals surface area (Å²) in [6.07, 6.45) is -9.03. The van der Waals surface area contributed by atoms with Crippen molar-refractivity contribution >= 4 is 21.8 Å². The lowest BCUT2D eigenvalue weighted by molar-refractivity contribution is -0.138. The second kappa shape index (κ2) is 9.68. The molecule has 6 nitrogen and oxygen atoms in total. The van der Waals surface area contributed by atoms with Gasteiger partial charge in [0.1, 0.15) is 0 Å². The number of benzene rings is 4. The summed E-state index contributed by atoms with van der Waals surface area (Å²) in [7, 11) is 0. The first-order valence-corrected chi connectivity index (χ1v) is 12.1. The SMILES string of the molecule is O=c1oc(-c2ccc(C(F)(F)F)cc2)nc2ccc(-c3ccc4nc(-c5ccc(C(F)(F)F)cc5)oc(=O)c4c3)cc12. The summed E-state index contributed by atoms with van der Waals surface area (Å²) in [6.45, 7) is 0. The Kier molecular flexibility index (Phi) is 6.21. The standard InChI is InChI=1S/C30H14F6N2O4/c31-29(32,33)19-7-1-15(2-8-19)25-37-23-11-5-17(13-21(23)27(39)41-25)18-6-12-24-22(14-18)28(40)42-26(38-24)16-3-9-20(10-4-16)30(34,35)36/h1-14H. The van der Waals surface area contributed by atoms with Gasteiger partial charge in [-0.1, -0.05) is 12.1 Å². The summed E-state index contributed by atoms with van der Waals surface area (Å²) >= 11 is 0. The Morgan fingerprint density at radius 2 is 0.810 bits per heavy atom. The second-order valence-electron chi connectivity index (χ2n) is 9.23.